The van der Waals surface area contributed by atoms with Crippen LogP contribution in [0.5, 0.6) is 5.88 Å². The third-order valence-corrected chi connectivity index (χ3v) is 5.42. The van der Waals surface area contributed by atoms with Crippen molar-refractivity contribution in [2.75, 3.05) is 25.5 Å². The van der Waals surface area contributed by atoms with Crippen LogP contribution in [0.2, 0.25) is 0 Å². The van der Waals surface area contributed by atoms with Crippen LogP contribution >= 0.6 is 0 Å². The molecule has 1 aliphatic carbocycles. The normalized spacial score (nSPS) is 19.2. The number of methoxy groups -OCH3 is 1. The van der Waals surface area contributed by atoms with E-state index in [0.717, 1.165) is 25.9 Å². The molecule has 2 fully saturated rings. The molecule has 0 unspecified atom stereocenters. The molecule has 1 saturated heterocycles. The fraction of sp³-hybridized carbons (Fsp3) is 0.556. The quantitative estimate of drug-likeness (QED) is 0.878. The number of anilines is 1. The third-order valence-electron chi connectivity index (χ3n) is 5.42. The molecule has 0 radical (unpaired) electrons. The second-order valence-corrected chi connectivity index (χ2v) is 7.19. The largest absolute Gasteiger partial charge is 0.481 e. The first-order valence-corrected chi connectivity index (χ1v) is 8.98. The van der Waals surface area contributed by atoms with Gasteiger partial charge in [0.1, 0.15) is 6.04 Å². The molecule has 1 saturated carbocycles. The van der Waals surface area contributed by atoms with Crippen LogP contribution in [0.25, 0.3) is 11.5 Å². The number of carbonyl (C=O) groups is 1. The Morgan fingerprint density at radius 2 is 2.04 bits per heavy atom. The van der Waals surface area contributed by atoms with Crippen molar-refractivity contribution in [3.8, 4) is 17.3 Å². The summed E-state index contributed by atoms with van der Waals surface area (Å²) in [5, 5.41) is 11.0. The Balaban J connectivity index is 1.36. The van der Waals surface area contributed by atoms with Gasteiger partial charge < -0.3 is 19.4 Å². The zero-order chi connectivity index (χ0) is 18.1. The van der Waals surface area contributed by atoms with Gasteiger partial charge in [-0.2, -0.15) is 0 Å². The van der Waals surface area contributed by atoms with Crippen LogP contribution in [0.1, 0.15) is 32.6 Å². The molecule has 4 rings (SSSR count). The molecule has 1 N–H and O–H groups in total. The monoisotopic (exact) mass is 357 g/mol. The van der Waals surface area contributed by atoms with Gasteiger partial charge in [-0.15, -0.1) is 5.10 Å². The van der Waals surface area contributed by atoms with Crippen molar-refractivity contribution in [1.29, 1.82) is 0 Å². The van der Waals surface area contributed by atoms with E-state index >= 15 is 0 Å². The molecule has 1 atom stereocenters. The van der Waals surface area contributed by atoms with Crippen molar-refractivity contribution in [3.63, 3.8) is 0 Å². The van der Waals surface area contributed by atoms with Gasteiger partial charge in [-0.3, -0.25) is 4.79 Å². The zero-order valence-corrected chi connectivity index (χ0v) is 15.1. The minimum atomic E-state index is -0.412. The predicted molar refractivity (Wildman–Crippen MR) is 94.6 cm³/mol. The molecule has 2 aliphatic rings. The fourth-order valence-corrected chi connectivity index (χ4v) is 3.42. The van der Waals surface area contributed by atoms with E-state index in [1.165, 1.54) is 12.8 Å². The highest BCUT2D eigenvalue weighted by molar-refractivity contribution is 5.83. The number of nitrogens with one attached hydrogen (secondary N) is 1. The van der Waals surface area contributed by atoms with E-state index in [-0.39, 0.29) is 11.9 Å². The highest BCUT2D eigenvalue weighted by atomic mass is 16.5. The molecule has 2 aromatic heterocycles. The number of amides is 1. The predicted octanol–water partition coefficient (Wildman–Crippen LogP) is 2.34. The number of pyridine rings is 1. The molecular weight excluding hydrogens is 334 g/mol. The van der Waals surface area contributed by atoms with Crippen LogP contribution < -0.4 is 10.1 Å². The fourth-order valence-electron chi connectivity index (χ4n) is 3.42. The second-order valence-electron chi connectivity index (χ2n) is 7.19. The van der Waals surface area contributed by atoms with Crippen LogP contribution in [0, 0.1) is 5.41 Å². The topological polar surface area (TPSA) is 93.4 Å². The number of hydrogen-bond donors (Lipinski definition) is 1. The number of rotatable bonds is 5. The maximum Gasteiger partial charge on any atom is 0.316 e. The third kappa shape index (κ3) is 3.36. The lowest BCUT2D eigenvalue weighted by Gasteiger charge is -2.33. The van der Waals surface area contributed by atoms with Crippen molar-refractivity contribution in [2.45, 2.75) is 38.6 Å². The van der Waals surface area contributed by atoms with Crippen molar-refractivity contribution in [1.82, 2.24) is 20.1 Å². The SMILES string of the molecule is COc1ccc(-c2nnc(N[C@H](C)C(=O)N3CCC4(CC3)CC4)o2)cn1. The Morgan fingerprint density at radius 1 is 1.27 bits per heavy atom. The Morgan fingerprint density at radius 3 is 2.65 bits per heavy atom. The summed E-state index contributed by atoms with van der Waals surface area (Å²) in [6.45, 7) is 3.51. The van der Waals surface area contributed by atoms with Gasteiger partial charge >= 0.3 is 6.01 Å². The molecule has 138 valence electrons. The summed E-state index contributed by atoms with van der Waals surface area (Å²) in [6, 6.07) is 3.33. The Hall–Kier alpha value is -2.64. The first-order chi connectivity index (χ1) is 12.6. The summed E-state index contributed by atoms with van der Waals surface area (Å²) < 4.78 is 10.6. The maximum absolute atomic E-state index is 12.6. The van der Waals surface area contributed by atoms with Crippen LogP contribution in [0.15, 0.2) is 22.7 Å². The van der Waals surface area contributed by atoms with Gasteiger partial charge in [-0.25, -0.2) is 4.98 Å². The first kappa shape index (κ1) is 16.8. The van der Waals surface area contributed by atoms with Crippen molar-refractivity contribution >= 4 is 11.9 Å². The van der Waals surface area contributed by atoms with Crippen LogP contribution in [-0.2, 0) is 4.79 Å². The highest BCUT2D eigenvalue weighted by Gasteiger charge is 2.45. The van der Waals surface area contributed by atoms with Gasteiger partial charge in [0, 0.05) is 25.4 Å². The molecular formula is C18H23N5O3. The number of ether oxygens (including phenoxy) is 1. The lowest BCUT2D eigenvalue weighted by molar-refractivity contribution is -0.133. The van der Waals surface area contributed by atoms with Crippen molar-refractivity contribution < 1.29 is 13.9 Å². The van der Waals surface area contributed by atoms with E-state index < -0.39 is 6.04 Å². The zero-order valence-electron chi connectivity index (χ0n) is 15.1. The summed E-state index contributed by atoms with van der Waals surface area (Å²) in [7, 11) is 1.56. The molecule has 1 spiro atoms. The molecule has 2 aromatic rings. The molecule has 1 amide bonds. The maximum atomic E-state index is 12.6. The molecule has 0 bridgehead atoms. The van der Waals surface area contributed by atoms with Crippen LogP contribution in [-0.4, -0.2) is 52.2 Å². The second kappa shape index (κ2) is 6.59. The summed E-state index contributed by atoms with van der Waals surface area (Å²) in [6.07, 6.45) is 6.51. The summed E-state index contributed by atoms with van der Waals surface area (Å²) in [5.41, 5.74) is 1.25. The molecule has 0 aromatic carbocycles. The van der Waals surface area contributed by atoms with Crippen molar-refractivity contribution in [3.05, 3.63) is 18.3 Å². The molecule has 8 nitrogen and oxygen atoms in total. The Labute approximate surface area is 151 Å². The average molecular weight is 357 g/mol. The van der Waals surface area contributed by atoms with Gasteiger partial charge in [-0.1, -0.05) is 5.10 Å². The minimum absolute atomic E-state index is 0.0753. The number of likely N-dealkylation sites (tertiary alicyclic amines) is 1. The van der Waals surface area contributed by atoms with Gasteiger partial charge in [0.2, 0.25) is 11.8 Å². The molecule has 1 aliphatic heterocycles. The summed E-state index contributed by atoms with van der Waals surface area (Å²) in [5.74, 6) is 0.933. The van der Waals surface area contributed by atoms with Gasteiger partial charge in [0.15, 0.2) is 0 Å². The lowest BCUT2D eigenvalue weighted by atomic mass is 9.93. The van der Waals surface area contributed by atoms with E-state index in [4.69, 9.17) is 9.15 Å². The molecule has 26 heavy (non-hydrogen) atoms. The first-order valence-electron chi connectivity index (χ1n) is 8.98. The van der Waals surface area contributed by atoms with Gasteiger partial charge in [0.05, 0.1) is 12.7 Å². The summed E-state index contributed by atoms with van der Waals surface area (Å²) in [4.78, 5) is 18.7. The summed E-state index contributed by atoms with van der Waals surface area (Å²) >= 11 is 0. The van der Waals surface area contributed by atoms with E-state index in [9.17, 15) is 4.79 Å². The molecule has 8 heteroatoms. The highest BCUT2D eigenvalue weighted by Crippen LogP contribution is 2.53. The van der Waals surface area contributed by atoms with E-state index in [1.807, 2.05) is 11.8 Å². The number of aromatic nitrogens is 3. The Bertz CT molecular complexity index is 774. The number of hydrogen-bond acceptors (Lipinski definition) is 7. The van der Waals surface area contributed by atoms with E-state index in [1.54, 1.807) is 25.4 Å². The number of piperidine rings is 1. The van der Waals surface area contributed by atoms with Gasteiger partial charge in [-0.05, 0) is 44.1 Å². The van der Waals surface area contributed by atoms with Crippen molar-refractivity contribution in [2.24, 2.45) is 5.41 Å². The molecule has 3 heterocycles. The standard InChI is InChI=1S/C18H23N5O3/c1-12(16(24)23-9-7-18(5-6-18)8-10-23)20-17-22-21-15(26-17)13-3-4-14(25-2)19-11-13/h3-4,11-12H,5-10H2,1-2H3,(H,20,22)/t12-/m1/s1. The van der Waals surface area contributed by atoms with E-state index in [2.05, 4.69) is 20.5 Å². The van der Waals surface area contributed by atoms with Crippen LogP contribution in [0.3, 0.4) is 0 Å². The van der Waals surface area contributed by atoms with Crippen LogP contribution in [0.4, 0.5) is 6.01 Å². The smallest absolute Gasteiger partial charge is 0.316 e. The minimum Gasteiger partial charge on any atom is -0.481 e. The number of nitrogens with zero attached hydrogens (tertiary/aromatic N) is 4. The van der Waals surface area contributed by atoms with E-state index in [0.29, 0.717) is 22.7 Å². The Kier molecular flexibility index (Phi) is 4.26. The number of carbonyl (C=O) groups excluding carboxylic acids is 1. The average Bonchev–Trinajstić information content (AvgIpc) is 3.26. The van der Waals surface area contributed by atoms with Gasteiger partial charge in [0.25, 0.3) is 5.89 Å². The lowest BCUT2D eigenvalue weighted by Crippen LogP contribution is -2.45.